The molecule has 2 amide bonds. The van der Waals surface area contributed by atoms with Crippen molar-refractivity contribution in [3.8, 4) is 0 Å². The van der Waals surface area contributed by atoms with Gasteiger partial charge in [0.25, 0.3) is 11.8 Å². The van der Waals surface area contributed by atoms with E-state index >= 15 is 4.39 Å². The van der Waals surface area contributed by atoms with Gasteiger partial charge in [0.1, 0.15) is 33.5 Å². The van der Waals surface area contributed by atoms with Crippen molar-refractivity contribution in [2.45, 2.75) is 68.1 Å². The van der Waals surface area contributed by atoms with Gasteiger partial charge in [-0.2, -0.15) is 27.7 Å². The van der Waals surface area contributed by atoms with E-state index in [9.17, 15) is 22.8 Å². The van der Waals surface area contributed by atoms with Gasteiger partial charge in [-0.3, -0.25) is 9.59 Å². The van der Waals surface area contributed by atoms with Crippen LogP contribution in [0.5, 0.6) is 0 Å². The van der Waals surface area contributed by atoms with Crippen LogP contribution in [-0.2, 0) is 46.1 Å². The number of alkyl halides is 3. The van der Waals surface area contributed by atoms with Gasteiger partial charge >= 0.3 is 6.18 Å². The lowest BCUT2D eigenvalue weighted by molar-refractivity contribution is -0.706. The quantitative estimate of drug-likeness (QED) is 0.165. The molecule has 5 aliphatic rings. The zero-order valence-electron chi connectivity index (χ0n) is 27.3. The van der Waals surface area contributed by atoms with Gasteiger partial charge in [0.15, 0.2) is 11.9 Å². The summed E-state index contributed by atoms with van der Waals surface area (Å²) >= 11 is 6.13. The van der Waals surface area contributed by atoms with Crippen molar-refractivity contribution in [2.75, 3.05) is 7.05 Å². The van der Waals surface area contributed by atoms with Gasteiger partial charge in [0.05, 0.1) is 5.56 Å². The summed E-state index contributed by atoms with van der Waals surface area (Å²) in [4.78, 5) is 41.3. The summed E-state index contributed by atoms with van der Waals surface area (Å²) in [6.07, 6.45) is 0.519. The van der Waals surface area contributed by atoms with Crippen LogP contribution in [0.2, 0.25) is 5.15 Å². The molecule has 0 radical (unpaired) electrons. The van der Waals surface area contributed by atoms with E-state index in [0.717, 1.165) is 41.8 Å². The van der Waals surface area contributed by atoms with E-state index in [-0.39, 0.29) is 47.3 Å². The lowest BCUT2D eigenvalue weighted by Gasteiger charge is -2.34. The Labute approximate surface area is 294 Å². The summed E-state index contributed by atoms with van der Waals surface area (Å²) in [5, 5.41) is 6.43. The van der Waals surface area contributed by atoms with Crippen LogP contribution in [0.15, 0.2) is 70.8 Å². The number of aromatic nitrogens is 2. The molecule has 2 N–H and O–H groups in total. The Hall–Kier alpha value is -4.97. The number of amides is 2. The molecule has 51 heavy (non-hydrogen) atoms. The molecule has 0 unspecified atom stereocenters. The summed E-state index contributed by atoms with van der Waals surface area (Å²) in [6, 6.07) is 13.7. The van der Waals surface area contributed by atoms with Crippen LogP contribution < -0.4 is 15.2 Å². The lowest BCUT2D eigenvalue weighted by atomic mass is 9.71. The van der Waals surface area contributed by atoms with E-state index in [1.54, 1.807) is 13.1 Å². The first-order valence-corrected chi connectivity index (χ1v) is 17.3. The molecule has 258 valence electrons. The Morgan fingerprint density at radius 2 is 1.61 bits per heavy atom. The highest BCUT2D eigenvalue weighted by molar-refractivity contribution is 6.29. The third-order valence-corrected chi connectivity index (χ3v) is 11.5. The zero-order valence-corrected chi connectivity index (χ0v) is 28.1. The number of benzene rings is 2. The molecule has 13 heteroatoms. The summed E-state index contributed by atoms with van der Waals surface area (Å²) in [5.41, 5.74) is 1.79. The molecule has 3 aliphatic carbocycles. The molecule has 0 saturated heterocycles. The van der Waals surface area contributed by atoms with Crippen molar-refractivity contribution < 1.29 is 31.7 Å². The van der Waals surface area contributed by atoms with Gasteiger partial charge in [0.2, 0.25) is 6.67 Å². The van der Waals surface area contributed by atoms with Crippen molar-refractivity contribution in [2.24, 2.45) is 9.98 Å². The number of hydrogen-bond donors (Lipinski definition) is 2. The van der Waals surface area contributed by atoms with Gasteiger partial charge in [-0.05, 0) is 90.6 Å². The zero-order chi connectivity index (χ0) is 35.4. The highest BCUT2D eigenvalue weighted by atomic mass is 35.5. The molecule has 2 aromatic heterocycles. The van der Waals surface area contributed by atoms with Crippen LogP contribution in [0.3, 0.4) is 0 Å². The molecule has 1 saturated carbocycles. The predicted molar refractivity (Wildman–Crippen MR) is 179 cm³/mol. The number of pyridine rings is 2. The number of amidine groups is 2. The number of aryl methyl sites for hydroxylation is 1. The molecule has 4 aromatic rings. The molecule has 2 aromatic carbocycles. The summed E-state index contributed by atoms with van der Waals surface area (Å²) in [6.45, 7) is 0.107. The largest absolute Gasteiger partial charge is 0.416 e. The first-order chi connectivity index (χ1) is 24.5. The number of carbonyl (C=O) groups is 2. The third kappa shape index (κ3) is 4.57. The maximum Gasteiger partial charge on any atom is 0.416 e. The summed E-state index contributed by atoms with van der Waals surface area (Å²) in [5.74, 6) is -0.605. The fraction of sp³-hybridized carbons (Fsp3) is 0.316. The normalized spacial score (nSPS) is 23.1. The second kappa shape index (κ2) is 11.0. The first kappa shape index (κ1) is 32.0. The number of carbonyl (C=O) groups excluding carboxylic acids is 2. The number of hydrogen-bond acceptors (Lipinski definition) is 5. The Kier molecular flexibility index (Phi) is 6.90. The minimum absolute atomic E-state index is 0.107. The molecule has 9 rings (SSSR count). The number of nitrogens with one attached hydrogen (secondary N) is 2. The molecule has 4 heterocycles. The van der Waals surface area contributed by atoms with E-state index in [0.29, 0.717) is 53.0 Å². The van der Waals surface area contributed by atoms with Crippen molar-refractivity contribution in [3.05, 3.63) is 128 Å². The van der Waals surface area contributed by atoms with E-state index in [1.165, 1.54) is 18.2 Å². The topological polar surface area (TPSA) is 99.7 Å². The Morgan fingerprint density at radius 3 is 2.35 bits per heavy atom. The maximum absolute atomic E-state index is 15.3. The first-order valence-electron chi connectivity index (χ1n) is 16.9. The maximum atomic E-state index is 15.3. The van der Waals surface area contributed by atoms with E-state index in [4.69, 9.17) is 11.6 Å². The summed E-state index contributed by atoms with van der Waals surface area (Å²) in [7, 11) is 1.66. The molecular weight excluding hydrogens is 684 g/mol. The van der Waals surface area contributed by atoms with Crippen molar-refractivity contribution in [1.82, 2.24) is 15.6 Å². The van der Waals surface area contributed by atoms with Crippen LogP contribution in [0, 0.1) is 5.82 Å². The van der Waals surface area contributed by atoms with Crippen LogP contribution in [0.4, 0.5) is 17.6 Å². The molecule has 8 nitrogen and oxygen atoms in total. The van der Waals surface area contributed by atoms with Crippen LogP contribution in [0.1, 0.15) is 87.5 Å². The minimum Gasteiger partial charge on any atom is -0.373 e. The molecular formula is C38H30ClF4N6O2+. The number of aliphatic imine (C=N–C) groups is 2. The number of nitrogens with zero attached hydrogens (tertiary/aromatic N) is 4. The van der Waals surface area contributed by atoms with Gasteiger partial charge < -0.3 is 10.6 Å². The fourth-order valence-electron chi connectivity index (χ4n) is 8.69. The Morgan fingerprint density at radius 1 is 0.882 bits per heavy atom. The predicted octanol–water partition coefficient (Wildman–Crippen LogP) is 5.56. The molecule has 2 atom stereocenters. The standard InChI is InChI=1S/C38H29ClF4N6O2/c1-44-32-23-17-28(40)22(19-4-5-19)16-27(23)37(35(51)47-32)13-11-30-25(37)3-2-14-49(30)18-45-33-21-7-6-20(38(41,42)43)15-26(21)36(34(50)48-33)12-10-29-24(36)8-9-31(39)46-29/h2-3,6-9,14-17,19H,4-5,10-13,18H2,1H3,(H-,44,45,47,48,50,51)/p+1/t36-,37-/m0/s1. The minimum atomic E-state index is -4.63. The van der Waals surface area contributed by atoms with Crippen LogP contribution in [0.25, 0.3) is 0 Å². The highest BCUT2D eigenvalue weighted by Crippen LogP contribution is 2.51. The average molecular weight is 714 g/mol. The molecule has 2 aliphatic heterocycles. The summed E-state index contributed by atoms with van der Waals surface area (Å²) < 4.78 is 59.4. The van der Waals surface area contributed by atoms with E-state index in [1.807, 2.05) is 29.0 Å². The van der Waals surface area contributed by atoms with Gasteiger partial charge in [0, 0.05) is 41.9 Å². The fourth-order valence-corrected chi connectivity index (χ4v) is 8.86. The van der Waals surface area contributed by atoms with Crippen molar-refractivity contribution in [1.29, 1.82) is 0 Å². The molecule has 2 spiro atoms. The Bertz CT molecular complexity index is 2300. The van der Waals surface area contributed by atoms with Crippen LogP contribution >= 0.6 is 11.6 Å². The second-order valence-electron chi connectivity index (χ2n) is 13.8. The molecule has 1 fully saturated rings. The van der Waals surface area contributed by atoms with E-state index in [2.05, 4.69) is 25.6 Å². The smallest absolute Gasteiger partial charge is 0.373 e. The van der Waals surface area contributed by atoms with Crippen molar-refractivity contribution in [3.63, 3.8) is 0 Å². The van der Waals surface area contributed by atoms with Crippen molar-refractivity contribution >= 4 is 35.1 Å². The second-order valence-corrected chi connectivity index (χ2v) is 14.2. The number of fused-ring (bicyclic) bond motifs is 8. The highest BCUT2D eigenvalue weighted by Gasteiger charge is 2.55. The van der Waals surface area contributed by atoms with Gasteiger partial charge in [-0.25, -0.2) is 9.37 Å². The number of rotatable bonds is 3. The monoisotopic (exact) mass is 713 g/mol. The average Bonchev–Trinajstić information content (AvgIpc) is 3.78. The molecule has 0 bridgehead atoms. The van der Waals surface area contributed by atoms with Crippen LogP contribution in [-0.4, -0.2) is 35.5 Å². The van der Waals surface area contributed by atoms with E-state index < -0.39 is 28.5 Å². The third-order valence-electron chi connectivity index (χ3n) is 11.3. The van der Waals surface area contributed by atoms with Gasteiger partial charge in [-0.1, -0.05) is 29.8 Å². The SMILES string of the molecule is CNC1=NC(=O)[C@]2(CCc3c2ccc[n+]3CNC2=NC(=O)[C@]3(CCc4nc(Cl)ccc43)c3cc(C(F)(F)F)ccc32)c2cc(C3CC3)c(F)cc21. The van der Waals surface area contributed by atoms with Gasteiger partial charge in [-0.15, -0.1) is 0 Å². The number of halogens is 5. The Balaban J connectivity index is 1.10. The lowest BCUT2D eigenvalue weighted by Crippen LogP contribution is -2.50.